The second-order valence-corrected chi connectivity index (χ2v) is 9.92. The third-order valence-corrected chi connectivity index (χ3v) is 8.52. The van der Waals surface area contributed by atoms with Gasteiger partial charge in [-0.25, -0.2) is 0 Å². The molecule has 5 heteroatoms. The summed E-state index contributed by atoms with van der Waals surface area (Å²) in [6.45, 7) is 8.96. The maximum Gasteiger partial charge on any atom is 0.311 e. The zero-order chi connectivity index (χ0) is 20.9. The Morgan fingerprint density at radius 2 is 1.90 bits per heavy atom. The number of piperazine rings is 1. The Hall–Kier alpha value is -1.85. The first kappa shape index (κ1) is 20.1. The summed E-state index contributed by atoms with van der Waals surface area (Å²) in [6.07, 6.45) is 4.59. The first-order chi connectivity index (χ1) is 14.5. The van der Waals surface area contributed by atoms with Gasteiger partial charge in [-0.05, 0) is 30.9 Å². The lowest BCUT2D eigenvalue weighted by atomic mass is 9.55. The number of fused-ring (bicyclic) bond motifs is 2. The maximum absolute atomic E-state index is 12.8. The molecule has 0 spiro atoms. The number of allylic oxidation sites excluding steroid dienone is 1. The number of anilines is 1. The molecule has 2 aliphatic heterocycles. The van der Waals surface area contributed by atoms with E-state index in [1.165, 1.54) is 11.3 Å². The van der Waals surface area contributed by atoms with Crippen LogP contribution in [-0.2, 0) is 9.53 Å². The van der Waals surface area contributed by atoms with Crippen molar-refractivity contribution in [1.82, 2.24) is 4.90 Å². The molecule has 5 rings (SSSR count). The summed E-state index contributed by atoms with van der Waals surface area (Å²) in [4.78, 5) is 17.6. The number of rotatable bonds is 3. The number of aliphatic hydroxyl groups is 1. The molecule has 5 nitrogen and oxygen atoms in total. The molecular formula is C25H34N2O3. The lowest BCUT2D eigenvalue weighted by Gasteiger charge is -2.52. The zero-order valence-electron chi connectivity index (χ0n) is 18.2. The van der Waals surface area contributed by atoms with Gasteiger partial charge in [-0.3, -0.25) is 9.69 Å². The first-order valence-electron chi connectivity index (χ1n) is 11.6. The lowest BCUT2D eigenvalue weighted by molar-refractivity contribution is -0.145. The number of ether oxygens (including phenoxy) is 1. The zero-order valence-corrected chi connectivity index (χ0v) is 18.2. The Labute approximate surface area is 179 Å². The molecule has 1 aromatic carbocycles. The number of carbonyl (C=O) groups is 1. The minimum atomic E-state index is -0.514. The molecule has 0 radical (unpaired) electrons. The summed E-state index contributed by atoms with van der Waals surface area (Å²) in [5, 5.41) is 11.5. The minimum Gasteiger partial charge on any atom is -0.461 e. The minimum absolute atomic E-state index is 0.0904. The largest absolute Gasteiger partial charge is 0.461 e. The van der Waals surface area contributed by atoms with Crippen LogP contribution in [0.25, 0.3) is 0 Å². The van der Waals surface area contributed by atoms with E-state index in [1.54, 1.807) is 0 Å². The highest BCUT2D eigenvalue weighted by Crippen LogP contribution is 2.56. The van der Waals surface area contributed by atoms with Crippen molar-refractivity contribution in [3.05, 3.63) is 42.0 Å². The highest BCUT2D eigenvalue weighted by Gasteiger charge is 2.59. The fourth-order valence-electron chi connectivity index (χ4n) is 6.38. The Kier molecular flexibility index (Phi) is 5.14. The number of hydrogen-bond acceptors (Lipinski definition) is 5. The second kappa shape index (κ2) is 7.69. The summed E-state index contributed by atoms with van der Waals surface area (Å²) < 4.78 is 5.83. The predicted molar refractivity (Wildman–Crippen MR) is 117 cm³/mol. The average Bonchev–Trinajstić information content (AvgIpc) is 3.07. The molecule has 1 unspecified atom stereocenters. The predicted octanol–water partition coefficient (Wildman–Crippen LogP) is 3.09. The van der Waals surface area contributed by atoms with Crippen molar-refractivity contribution >= 4 is 11.7 Å². The van der Waals surface area contributed by atoms with Gasteiger partial charge in [-0.15, -0.1) is 0 Å². The van der Waals surface area contributed by atoms with Crippen molar-refractivity contribution in [3.63, 3.8) is 0 Å². The Morgan fingerprint density at radius 3 is 2.63 bits per heavy atom. The van der Waals surface area contributed by atoms with E-state index < -0.39 is 6.10 Å². The van der Waals surface area contributed by atoms with E-state index in [2.05, 4.69) is 54.0 Å². The number of para-hydroxylation sites is 1. The molecule has 4 aliphatic rings. The number of carbonyl (C=O) groups excluding carboxylic acids is 1. The van der Waals surface area contributed by atoms with Crippen LogP contribution in [0.4, 0.5) is 5.69 Å². The van der Waals surface area contributed by atoms with E-state index in [9.17, 15) is 9.90 Å². The van der Waals surface area contributed by atoms with Crippen molar-refractivity contribution < 1.29 is 14.6 Å². The summed E-state index contributed by atoms with van der Waals surface area (Å²) in [5.41, 5.74) is 2.34. The lowest BCUT2D eigenvalue weighted by Crippen LogP contribution is -2.55. The molecule has 6 atom stereocenters. The van der Waals surface area contributed by atoms with Crippen molar-refractivity contribution in [3.8, 4) is 0 Å². The second-order valence-electron chi connectivity index (χ2n) is 9.92. The Balaban J connectivity index is 1.28. The fraction of sp³-hybridized carbons (Fsp3) is 0.640. The monoisotopic (exact) mass is 410 g/mol. The van der Waals surface area contributed by atoms with Gasteiger partial charge >= 0.3 is 5.97 Å². The van der Waals surface area contributed by atoms with E-state index in [-0.39, 0.29) is 29.3 Å². The quantitative estimate of drug-likeness (QED) is 0.613. The molecule has 1 N–H and O–H groups in total. The first-order valence-corrected chi connectivity index (χ1v) is 11.6. The average molecular weight is 411 g/mol. The smallest absolute Gasteiger partial charge is 0.311 e. The van der Waals surface area contributed by atoms with Gasteiger partial charge in [0, 0.05) is 56.2 Å². The van der Waals surface area contributed by atoms with Crippen LogP contribution >= 0.6 is 0 Å². The van der Waals surface area contributed by atoms with Crippen LogP contribution in [0.3, 0.4) is 0 Å². The van der Waals surface area contributed by atoms with E-state index in [4.69, 9.17) is 4.74 Å². The number of benzene rings is 1. The molecule has 1 saturated carbocycles. The van der Waals surface area contributed by atoms with Crippen molar-refractivity contribution in [2.24, 2.45) is 23.2 Å². The van der Waals surface area contributed by atoms with Crippen LogP contribution < -0.4 is 4.90 Å². The van der Waals surface area contributed by atoms with Gasteiger partial charge in [0.05, 0.1) is 12.0 Å². The highest BCUT2D eigenvalue weighted by molar-refractivity contribution is 5.76. The SMILES string of the molecule is C[C@@H]1CCC=C2C[C@H]3OC(=O)C(CN4CCN(c5ccccc5)CC4)[C@H]3[C@H](O)[C@@]21C. The van der Waals surface area contributed by atoms with E-state index >= 15 is 0 Å². The van der Waals surface area contributed by atoms with Crippen LogP contribution in [0.1, 0.15) is 33.1 Å². The number of esters is 1. The van der Waals surface area contributed by atoms with Crippen molar-refractivity contribution in [2.45, 2.75) is 45.3 Å². The van der Waals surface area contributed by atoms with Gasteiger partial charge in [-0.1, -0.05) is 43.7 Å². The molecule has 2 heterocycles. The highest BCUT2D eigenvalue weighted by atomic mass is 16.6. The van der Waals surface area contributed by atoms with Crippen LogP contribution in [0.15, 0.2) is 42.0 Å². The molecular weight excluding hydrogens is 376 g/mol. The van der Waals surface area contributed by atoms with Crippen LogP contribution in [0.2, 0.25) is 0 Å². The van der Waals surface area contributed by atoms with Gasteiger partial charge in [0.1, 0.15) is 6.10 Å². The van der Waals surface area contributed by atoms with Crippen LogP contribution in [-0.4, -0.2) is 60.9 Å². The molecule has 2 aliphatic carbocycles. The normalized spacial score (nSPS) is 39.2. The van der Waals surface area contributed by atoms with Gasteiger partial charge < -0.3 is 14.7 Å². The van der Waals surface area contributed by atoms with E-state index in [0.717, 1.165) is 45.4 Å². The van der Waals surface area contributed by atoms with Crippen LogP contribution in [0, 0.1) is 23.2 Å². The summed E-state index contributed by atoms with van der Waals surface area (Å²) >= 11 is 0. The van der Waals surface area contributed by atoms with Crippen LogP contribution in [0.5, 0.6) is 0 Å². The molecule has 0 aromatic heterocycles. The Bertz CT molecular complexity index is 817. The summed E-state index contributed by atoms with van der Waals surface area (Å²) in [6, 6.07) is 10.5. The van der Waals surface area contributed by atoms with Gasteiger partial charge in [0.15, 0.2) is 0 Å². The fourth-order valence-corrected chi connectivity index (χ4v) is 6.38. The summed E-state index contributed by atoms with van der Waals surface area (Å²) in [5.74, 6) is 0.0115. The number of hydrogen-bond donors (Lipinski definition) is 1. The molecule has 2 saturated heterocycles. The number of nitrogens with zero attached hydrogens (tertiary/aromatic N) is 2. The van der Waals surface area contributed by atoms with Crippen molar-refractivity contribution in [1.29, 1.82) is 0 Å². The number of aliphatic hydroxyl groups excluding tert-OH is 1. The third kappa shape index (κ3) is 3.18. The van der Waals surface area contributed by atoms with Gasteiger partial charge in [-0.2, -0.15) is 0 Å². The molecule has 30 heavy (non-hydrogen) atoms. The molecule has 162 valence electrons. The third-order valence-electron chi connectivity index (χ3n) is 8.52. The molecule has 1 aromatic rings. The standard InChI is InChI=1S/C25H34N2O3/c1-17-7-6-8-18-15-21-22(23(28)25(17,18)2)20(24(29)30-21)16-26-11-13-27(14-12-26)19-9-4-3-5-10-19/h3-5,8-10,17,20-23,28H,6-7,11-16H2,1-2H3/t17-,20?,21-,22-,23+,25-/m1/s1. The van der Waals surface area contributed by atoms with E-state index in [1.807, 2.05) is 6.07 Å². The van der Waals surface area contributed by atoms with Gasteiger partial charge in [0.25, 0.3) is 0 Å². The molecule has 0 amide bonds. The summed E-state index contributed by atoms with van der Waals surface area (Å²) in [7, 11) is 0. The molecule has 0 bridgehead atoms. The van der Waals surface area contributed by atoms with Crippen molar-refractivity contribution in [2.75, 3.05) is 37.6 Å². The Morgan fingerprint density at radius 1 is 1.17 bits per heavy atom. The van der Waals surface area contributed by atoms with E-state index in [0.29, 0.717) is 12.5 Å². The van der Waals surface area contributed by atoms with Gasteiger partial charge in [0.2, 0.25) is 0 Å². The topological polar surface area (TPSA) is 53.0 Å². The molecule has 3 fully saturated rings. The maximum atomic E-state index is 12.8.